The fraction of sp³-hybridized carbons (Fsp3) is 0.143. The van der Waals surface area contributed by atoms with E-state index in [1.54, 1.807) is 6.07 Å². The lowest BCUT2D eigenvalue weighted by Gasteiger charge is -2.08. The number of carbonyl (C=O) groups excluding carboxylic acids is 1. The van der Waals surface area contributed by atoms with E-state index in [2.05, 4.69) is 10.3 Å². The van der Waals surface area contributed by atoms with Gasteiger partial charge >= 0.3 is 0 Å². The maximum Gasteiger partial charge on any atom is 0.267 e. The van der Waals surface area contributed by atoms with Crippen molar-refractivity contribution in [3.63, 3.8) is 0 Å². The summed E-state index contributed by atoms with van der Waals surface area (Å²) in [5.41, 5.74) is 3.96. The lowest BCUT2D eigenvalue weighted by Crippen LogP contribution is -2.09. The van der Waals surface area contributed by atoms with Crippen molar-refractivity contribution in [3.8, 4) is 5.75 Å². The van der Waals surface area contributed by atoms with Gasteiger partial charge in [-0.25, -0.2) is 4.98 Å². The van der Waals surface area contributed by atoms with Gasteiger partial charge in [0, 0.05) is 10.6 Å². The van der Waals surface area contributed by atoms with Gasteiger partial charge in [0.2, 0.25) is 0 Å². The van der Waals surface area contributed by atoms with Crippen molar-refractivity contribution < 1.29 is 9.53 Å². The average molecular weight is 429 g/mol. The van der Waals surface area contributed by atoms with Crippen molar-refractivity contribution in [2.45, 2.75) is 20.5 Å². The van der Waals surface area contributed by atoms with Gasteiger partial charge in [0.05, 0.1) is 15.1 Å². The number of nitrogens with zero attached hydrogens (tertiary/aromatic N) is 1. The highest BCUT2D eigenvalue weighted by Crippen LogP contribution is 2.29. The second-order valence-corrected chi connectivity index (χ2v) is 8.79. The summed E-state index contributed by atoms with van der Waals surface area (Å²) in [6.07, 6.45) is 0. The second kappa shape index (κ2) is 7.91. The maximum absolute atomic E-state index is 12.6. The number of rotatable bonds is 5. The van der Waals surface area contributed by atoms with Gasteiger partial charge in [0.15, 0.2) is 5.13 Å². The van der Waals surface area contributed by atoms with Crippen molar-refractivity contribution in [2.75, 3.05) is 5.32 Å². The minimum atomic E-state index is -0.157. The highest BCUT2D eigenvalue weighted by Gasteiger charge is 2.13. The number of aromatic nitrogens is 1. The van der Waals surface area contributed by atoms with Gasteiger partial charge in [0.1, 0.15) is 12.4 Å². The number of thiophene rings is 1. The predicted octanol–water partition coefficient (Wildman–Crippen LogP) is 6.46. The first-order chi connectivity index (χ1) is 13.5. The molecular weight excluding hydrogens is 412 g/mol. The quantitative estimate of drug-likeness (QED) is 0.397. The molecule has 1 N–H and O–H groups in total. The van der Waals surface area contributed by atoms with E-state index in [-0.39, 0.29) is 5.91 Å². The summed E-state index contributed by atoms with van der Waals surface area (Å²) in [6, 6.07) is 13.4. The van der Waals surface area contributed by atoms with Gasteiger partial charge in [-0.1, -0.05) is 35.1 Å². The first-order valence-corrected chi connectivity index (χ1v) is 10.7. The van der Waals surface area contributed by atoms with Gasteiger partial charge in [-0.05, 0) is 60.7 Å². The minimum Gasteiger partial charge on any atom is -0.489 e. The largest absolute Gasteiger partial charge is 0.489 e. The summed E-state index contributed by atoms with van der Waals surface area (Å²) in [7, 11) is 0. The van der Waals surface area contributed by atoms with Crippen molar-refractivity contribution >= 4 is 55.5 Å². The molecule has 28 heavy (non-hydrogen) atoms. The number of benzene rings is 2. The van der Waals surface area contributed by atoms with E-state index in [0.717, 1.165) is 32.7 Å². The number of thiazole rings is 1. The summed E-state index contributed by atoms with van der Waals surface area (Å²) in [4.78, 5) is 17.7. The molecule has 0 aliphatic carbocycles. The van der Waals surface area contributed by atoms with E-state index < -0.39 is 0 Å². The zero-order chi connectivity index (χ0) is 19.7. The fourth-order valence-corrected chi connectivity index (χ4v) is 4.76. The van der Waals surface area contributed by atoms with Crippen LogP contribution in [0.1, 0.15) is 26.4 Å². The lowest BCUT2D eigenvalue weighted by molar-refractivity contribution is 0.103. The minimum absolute atomic E-state index is 0.157. The Balaban J connectivity index is 1.42. The molecule has 2 heterocycles. The van der Waals surface area contributed by atoms with Crippen molar-refractivity contribution in [2.24, 2.45) is 0 Å². The van der Waals surface area contributed by atoms with Crippen molar-refractivity contribution in [1.29, 1.82) is 0 Å². The van der Waals surface area contributed by atoms with Crippen molar-refractivity contribution in [1.82, 2.24) is 4.98 Å². The molecule has 4 nitrogen and oxygen atoms in total. The predicted molar refractivity (Wildman–Crippen MR) is 117 cm³/mol. The third-order valence-electron chi connectivity index (χ3n) is 4.25. The Hall–Kier alpha value is -2.41. The monoisotopic (exact) mass is 428 g/mol. The van der Waals surface area contributed by atoms with Crippen LogP contribution < -0.4 is 10.1 Å². The molecule has 0 atom stereocenters. The first-order valence-electron chi connectivity index (χ1n) is 8.63. The fourth-order valence-electron chi connectivity index (χ4n) is 2.80. The van der Waals surface area contributed by atoms with E-state index in [1.807, 2.05) is 55.6 Å². The molecule has 4 aromatic rings. The van der Waals surface area contributed by atoms with E-state index in [4.69, 9.17) is 16.3 Å². The average Bonchev–Trinajstić information content (AvgIpc) is 3.28. The molecule has 0 spiro atoms. The zero-order valence-corrected chi connectivity index (χ0v) is 17.7. The van der Waals surface area contributed by atoms with Crippen LogP contribution in [0.4, 0.5) is 5.13 Å². The molecule has 0 aliphatic rings. The summed E-state index contributed by atoms with van der Waals surface area (Å²) in [5.74, 6) is 0.627. The normalized spacial score (nSPS) is 11.0. The molecule has 0 unspecified atom stereocenters. The van der Waals surface area contributed by atoms with Crippen LogP contribution in [-0.4, -0.2) is 10.9 Å². The van der Waals surface area contributed by atoms with E-state index in [0.29, 0.717) is 21.6 Å². The molecule has 142 valence electrons. The van der Waals surface area contributed by atoms with Crippen molar-refractivity contribution in [3.05, 3.63) is 74.4 Å². The van der Waals surface area contributed by atoms with E-state index in [1.165, 1.54) is 22.7 Å². The number of ether oxygens (including phenoxy) is 1. The van der Waals surface area contributed by atoms with Gasteiger partial charge in [-0.3, -0.25) is 10.1 Å². The van der Waals surface area contributed by atoms with Gasteiger partial charge in [-0.2, -0.15) is 0 Å². The van der Waals surface area contributed by atoms with E-state index >= 15 is 0 Å². The molecule has 0 fully saturated rings. The number of fused-ring (bicyclic) bond motifs is 1. The summed E-state index contributed by atoms with van der Waals surface area (Å²) in [6.45, 7) is 4.36. The molecule has 0 bridgehead atoms. The van der Waals surface area contributed by atoms with Crippen LogP contribution in [0, 0.1) is 13.8 Å². The van der Waals surface area contributed by atoms with Gasteiger partial charge in [-0.15, -0.1) is 11.3 Å². The molecule has 7 heteroatoms. The Morgan fingerprint density at radius 3 is 2.82 bits per heavy atom. The summed E-state index contributed by atoms with van der Waals surface area (Å²) in [5, 5.41) is 6.13. The topological polar surface area (TPSA) is 51.2 Å². The van der Waals surface area contributed by atoms with Gasteiger partial charge < -0.3 is 4.74 Å². The molecule has 0 saturated heterocycles. The Labute approximate surface area is 175 Å². The van der Waals surface area contributed by atoms with Crippen LogP contribution in [0.2, 0.25) is 5.02 Å². The van der Waals surface area contributed by atoms with Crippen LogP contribution in [0.3, 0.4) is 0 Å². The Morgan fingerprint density at radius 2 is 2.04 bits per heavy atom. The second-order valence-electron chi connectivity index (χ2n) is 6.41. The Morgan fingerprint density at radius 1 is 1.18 bits per heavy atom. The number of amides is 1. The molecule has 1 amide bonds. The first kappa shape index (κ1) is 18.9. The number of nitrogens with one attached hydrogen (secondary N) is 1. The third-order valence-corrected chi connectivity index (χ3v) is 6.40. The third kappa shape index (κ3) is 4.04. The Bertz CT molecular complexity index is 1170. The zero-order valence-electron chi connectivity index (χ0n) is 15.3. The molecule has 0 aliphatic heterocycles. The number of halogens is 1. The standard InChI is InChI=1S/C21H17ClN2O2S2/c1-12-4-3-5-17-19(12)23-21(28-17)24-20(25)18-9-14(11-27-18)10-26-16-7-6-15(22)8-13(16)2/h3-9,11H,10H2,1-2H3,(H,23,24,25). The Kier molecular flexibility index (Phi) is 5.35. The molecule has 2 aromatic heterocycles. The number of carbonyl (C=O) groups is 1. The molecular formula is C21H17ClN2O2S2. The number of hydrogen-bond acceptors (Lipinski definition) is 5. The van der Waals surface area contributed by atoms with Crippen LogP contribution in [-0.2, 0) is 6.61 Å². The maximum atomic E-state index is 12.6. The molecule has 0 saturated carbocycles. The number of aryl methyl sites for hydroxylation is 2. The van der Waals surface area contributed by atoms with Crippen LogP contribution in [0.25, 0.3) is 10.2 Å². The van der Waals surface area contributed by atoms with Crippen LogP contribution in [0.15, 0.2) is 47.8 Å². The highest BCUT2D eigenvalue weighted by molar-refractivity contribution is 7.22. The van der Waals surface area contributed by atoms with Crippen LogP contribution >= 0.6 is 34.3 Å². The lowest BCUT2D eigenvalue weighted by atomic mass is 10.2. The highest BCUT2D eigenvalue weighted by atomic mass is 35.5. The molecule has 4 rings (SSSR count). The number of hydrogen-bond donors (Lipinski definition) is 1. The molecule has 2 aromatic carbocycles. The van der Waals surface area contributed by atoms with Gasteiger partial charge in [0.25, 0.3) is 5.91 Å². The van der Waals surface area contributed by atoms with Crippen LogP contribution in [0.5, 0.6) is 5.75 Å². The molecule has 0 radical (unpaired) electrons. The summed E-state index contributed by atoms with van der Waals surface area (Å²) < 4.78 is 6.91. The summed E-state index contributed by atoms with van der Waals surface area (Å²) >= 11 is 8.84. The number of para-hydroxylation sites is 1. The van der Waals surface area contributed by atoms with E-state index in [9.17, 15) is 4.79 Å². The number of anilines is 1. The SMILES string of the molecule is Cc1cc(Cl)ccc1OCc1csc(C(=O)Nc2nc3c(C)cccc3s2)c1. The smallest absolute Gasteiger partial charge is 0.267 e.